The number of hydrogen-bond acceptors (Lipinski definition) is 3. The fourth-order valence-corrected chi connectivity index (χ4v) is 3.85. The van der Waals surface area contributed by atoms with E-state index >= 15 is 0 Å². The van der Waals surface area contributed by atoms with Crippen molar-refractivity contribution in [1.29, 1.82) is 0 Å². The first kappa shape index (κ1) is 15.4. The van der Waals surface area contributed by atoms with Crippen molar-refractivity contribution in [2.24, 2.45) is 11.7 Å². The van der Waals surface area contributed by atoms with Crippen LogP contribution in [0.4, 0.5) is 0 Å². The maximum Gasteiger partial charge on any atom is 0.123 e. The standard InChI is InChI=1S/C19H25N5/c1-19(20)8-6-14(7-9-19)2-3-15-11-21-18-5-4-16(10-17(15)18)24-12-22-23-13-24/h4-5,10-14,21H,2-3,6-9,20H2,1H3. The first-order valence-corrected chi connectivity index (χ1v) is 8.85. The molecule has 0 aliphatic heterocycles. The monoisotopic (exact) mass is 323 g/mol. The molecule has 2 aromatic heterocycles. The number of H-pyrrole nitrogens is 1. The molecule has 0 radical (unpaired) electrons. The molecule has 126 valence electrons. The summed E-state index contributed by atoms with van der Waals surface area (Å²) in [7, 11) is 0. The molecular weight excluding hydrogens is 298 g/mol. The third-order valence-electron chi connectivity index (χ3n) is 5.54. The Labute approximate surface area is 142 Å². The lowest BCUT2D eigenvalue weighted by Crippen LogP contribution is -2.39. The topological polar surface area (TPSA) is 72.5 Å². The number of aromatic amines is 1. The van der Waals surface area contributed by atoms with E-state index in [9.17, 15) is 0 Å². The lowest BCUT2D eigenvalue weighted by molar-refractivity contribution is 0.242. The van der Waals surface area contributed by atoms with E-state index in [1.54, 1.807) is 12.7 Å². The van der Waals surface area contributed by atoms with Crippen LogP contribution in [0.3, 0.4) is 0 Å². The molecule has 5 nitrogen and oxygen atoms in total. The number of hydrogen-bond donors (Lipinski definition) is 2. The summed E-state index contributed by atoms with van der Waals surface area (Å²) in [4.78, 5) is 3.40. The van der Waals surface area contributed by atoms with Gasteiger partial charge in [-0.1, -0.05) is 0 Å². The summed E-state index contributed by atoms with van der Waals surface area (Å²) in [5.74, 6) is 0.813. The summed E-state index contributed by atoms with van der Waals surface area (Å²) in [5.41, 5.74) is 10.0. The van der Waals surface area contributed by atoms with Gasteiger partial charge in [-0.3, -0.25) is 4.57 Å². The summed E-state index contributed by atoms with van der Waals surface area (Å²) in [6.45, 7) is 2.19. The second-order valence-corrected chi connectivity index (χ2v) is 7.55. The zero-order valence-corrected chi connectivity index (χ0v) is 14.2. The maximum atomic E-state index is 6.25. The Hall–Kier alpha value is -2.14. The summed E-state index contributed by atoms with van der Waals surface area (Å²) in [6, 6.07) is 6.45. The van der Waals surface area contributed by atoms with Crippen LogP contribution in [-0.2, 0) is 6.42 Å². The minimum absolute atomic E-state index is 0.0605. The van der Waals surface area contributed by atoms with E-state index in [-0.39, 0.29) is 5.54 Å². The molecule has 1 aromatic carbocycles. The van der Waals surface area contributed by atoms with Crippen molar-refractivity contribution in [2.75, 3.05) is 0 Å². The van der Waals surface area contributed by atoms with Crippen LogP contribution in [0.2, 0.25) is 0 Å². The van der Waals surface area contributed by atoms with Crippen molar-refractivity contribution in [3.05, 3.63) is 42.6 Å². The SMILES string of the molecule is CC1(N)CCC(CCc2c[nH]c3ccc(-n4cnnc4)cc23)CC1. The predicted octanol–water partition coefficient (Wildman–Crippen LogP) is 3.59. The van der Waals surface area contributed by atoms with Crippen LogP contribution in [-0.4, -0.2) is 25.3 Å². The minimum atomic E-state index is 0.0605. The lowest BCUT2D eigenvalue weighted by atomic mass is 9.76. The molecule has 2 heterocycles. The van der Waals surface area contributed by atoms with Gasteiger partial charge in [-0.2, -0.15) is 0 Å². The Morgan fingerprint density at radius 3 is 2.75 bits per heavy atom. The van der Waals surface area contributed by atoms with E-state index in [1.807, 2.05) is 4.57 Å². The van der Waals surface area contributed by atoms with Crippen molar-refractivity contribution in [1.82, 2.24) is 19.7 Å². The molecule has 1 aliphatic rings. The number of fused-ring (bicyclic) bond motifs is 1. The number of rotatable bonds is 4. The second-order valence-electron chi connectivity index (χ2n) is 7.55. The molecule has 0 amide bonds. The molecule has 1 aliphatic carbocycles. The van der Waals surface area contributed by atoms with Crippen LogP contribution >= 0.6 is 0 Å². The van der Waals surface area contributed by atoms with Crippen molar-refractivity contribution in [2.45, 2.75) is 51.0 Å². The van der Waals surface area contributed by atoms with Crippen LogP contribution in [0, 0.1) is 5.92 Å². The molecule has 0 bridgehead atoms. The van der Waals surface area contributed by atoms with Crippen LogP contribution in [0.25, 0.3) is 16.6 Å². The molecular formula is C19H25N5. The van der Waals surface area contributed by atoms with Gasteiger partial charge in [0.2, 0.25) is 0 Å². The first-order chi connectivity index (χ1) is 11.6. The number of aromatic nitrogens is 4. The van der Waals surface area contributed by atoms with Gasteiger partial charge < -0.3 is 10.7 Å². The normalized spacial score (nSPS) is 24.5. The number of nitrogens with zero attached hydrogens (tertiary/aromatic N) is 3. The second kappa shape index (κ2) is 6.06. The quantitative estimate of drug-likeness (QED) is 0.770. The summed E-state index contributed by atoms with van der Waals surface area (Å²) in [5, 5.41) is 9.09. The fraction of sp³-hybridized carbons (Fsp3) is 0.474. The van der Waals surface area contributed by atoms with Crippen LogP contribution in [0.5, 0.6) is 0 Å². The highest BCUT2D eigenvalue weighted by Gasteiger charge is 2.27. The molecule has 1 fully saturated rings. The van der Waals surface area contributed by atoms with Crippen LogP contribution in [0.15, 0.2) is 37.1 Å². The van der Waals surface area contributed by atoms with E-state index < -0.39 is 0 Å². The molecule has 0 atom stereocenters. The summed E-state index contributed by atoms with van der Waals surface area (Å²) >= 11 is 0. The van der Waals surface area contributed by atoms with Gasteiger partial charge in [0, 0.05) is 28.3 Å². The molecule has 3 aromatic rings. The van der Waals surface area contributed by atoms with Gasteiger partial charge in [0.05, 0.1) is 0 Å². The largest absolute Gasteiger partial charge is 0.361 e. The van der Waals surface area contributed by atoms with Gasteiger partial charge >= 0.3 is 0 Å². The van der Waals surface area contributed by atoms with Gasteiger partial charge in [-0.15, -0.1) is 10.2 Å². The van der Waals surface area contributed by atoms with E-state index in [0.29, 0.717) is 0 Å². The summed E-state index contributed by atoms with van der Waals surface area (Å²) in [6.07, 6.45) is 12.8. The highest BCUT2D eigenvalue weighted by atomic mass is 15.2. The first-order valence-electron chi connectivity index (χ1n) is 8.85. The molecule has 3 N–H and O–H groups in total. The Morgan fingerprint density at radius 1 is 1.25 bits per heavy atom. The number of benzene rings is 1. The van der Waals surface area contributed by atoms with E-state index in [2.05, 4.69) is 46.5 Å². The van der Waals surface area contributed by atoms with E-state index in [1.165, 1.54) is 35.7 Å². The third kappa shape index (κ3) is 3.08. The van der Waals surface area contributed by atoms with E-state index in [4.69, 9.17) is 5.73 Å². The maximum absolute atomic E-state index is 6.25. The third-order valence-corrected chi connectivity index (χ3v) is 5.54. The number of nitrogens with two attached hydrogens (primary N) is 1. The molecule has 24 heavy (non-hydrogen) atoms. The number of nitrogens with one attached hydrogen (secondary N) is 1. The predicted molar refractivity (Wildman–Crippen MR) is 96.1 cm³/mol. The van der Waals surface area contributed by atoms with E-state index in [0.717, 1.165) is 30.9 Å². The fourth-order valence-electron chi connectivity index (χ4n) is 3.85. The molecule has 0 unspecified atom stereocenters. The zero-order valence-electron chi connectivity index (χ0n) is 14.2. The number of aryl methyl sites for hydroxylation is 1. The Kier molecular flexibility index (Phi) is 3.88. The van der Waals surface area contributed by atoms with Gasteiger partial charge in [-0.05, 0) is 75.1 Å². The van der Waals surface area contributed by atoms with Crippen molar-refractivity contribution >= 4 is 10.9 Å². The smallest absolute Gasteiger partial charge is 0.123 e. The highest BCUT2D eigenvalue weighted by molar-refractivity contribution is 5.85. The Bertz CT molecular complexity index is 806. The van der Waals surface area contributed by atoms with Gasteiger partial charge in [-0.25, -0.2) is 0 Å². The van der Waals surface area contributed by atoms with Gasteiger partial charge in [0.1, 0.15) is 12.7 Å². The minimum Gasteiger partial charge on any atom is -0.361 e. The highest BCUT2D eigenvalue weighted by Crippen LogP contribution is 2.33. The lowest BCUT2D eigenvalue weighted by Gasteiger charge is -2.34. The van der Waals surface area contributed by atoms with Gasteiger partial charge in [0.25, 0.3) is 0 Å². The summed E-state index contributed by atoms with van der Waals surface area (Å²) < 4.78 is 1.94. The van der Waals surface area contributed by atoms with Crippen molar-refractivity contribution in [3.63, 3.8) is 0 Å². The molecule has 4 rings (SSSR count). The molecule has 0 saturated heterocycles. The molecule has 0 spiro atoms. The Morgan fingerprint density at radius 2 is 2.00 bits per heavy atom. The zero-order chi connectivity index (χ0) is 16.6. The Balaban J connectivity index is 1.49. The van der Waals surface area contributed by atoms with Crippen molar-refractivity contribution < 1.29 is 0 Å². The molecule has 5 heteroatoms. The van der Waals surface area contributed by atoms with Crippen LogP contribution < -0.4 is 5.73 Å². The van der Waals surface area contributed by atoms with Gasteiger partial charge in [0.15, 0.2) is 0 Å². The average Bonchev–Trinajstić information content (AvgIpc) is 3.23. The van der Waals surface area contributed by atoms with Crippen molar-refractivity contribution in [3.8, 4) is 5.69 Å². The van der Waals surface area contributed by atoms with Crippen LogP contribution in [0.1, 0.15) is 44.6 Å². The average molecular weight is 323 g/mol. The molecule has 1 saturated carbocycles.